The van der Waals surface area contributed by atoms with E-state index in [1.165, 1.54) is 19.3 Å². The highest BCUT2D eigenvalue weighted by Gasteiger charge is 2.37. The Hall–Kier alpha value is -1.36. The first-order valence-electron chi connectivity index (χ1n) is 7.20. The number of hydrogen-bond donors (Lipinski definition) is 1. The van der Waals surface area contributed by atoms with Crippen molar-refractivity contribution in [3.05, 3.63) is 12.2 Å². The Morgan fingerprint density at radius 2 is 2.16 bits per heavy atom. The van der Waals surface area contributed by atoms with Gasteiger partial charge in [0.2, 0.25) is 0 Å². The lowest BCUT2D eigenvalue weighted by atomic mass is 9.93. The van der Waals surface area contributed by atoms with E-state index in [1.54, 1.807) is 4.90 Å². The third-order valence-corrected chi connectivity index (χ3v) is 4.41. The number of piperazine rings is 2. The smallest absolute Gasteiger partial charge is 0.312 e. The van der Waals surface area contributed by atoms with E-state index < -0.39 is 5.91 Å². The van der Waals surface area contributed by atoms with Gasteiger partial charge in [-0.25, -0.2) is 0 Å². The van der Waals surface area contributed by atoms with Crippen molar-refractivity contribution in [3.63, 3.8) is 0 Å². The highest BCUT2D eigenvalue weighted by Crippen LogP contribution is 2.21. The molecule has 2 amide bonds. The van der Waals surface area contributed by atoms with E-state index in [1.807, 2.05) is 0 Å². The topological polar surface area (TPSA) is 52.7 Å². The lowest BCUT2D eigenvalue weighted by Gasteiger charge is -2.44. The molecule has 1 N–H and O–H groups in total. The number of amides is 2. The van der Waals surface area contributed by atoms with Gasteiger partial charge >= 0.3 is 11.8 Å². The van der Waals surface area contributed by atoms with Gasteiger partial charge in [-0.15, -0.1) is 0 Å². The maximum absolute atomic E-state index is 11.7. The Morgan fingerprint density at radius 3 is 2.95 bits per heavy atom. The average molecular weight is 263 g/mol. The molecule has 2 saturated heterocycles. The molecule has 0 aromatic heterocycles. The number of allylic oxidation sites excluding steroid dienone is 2. The molecule has 0 spiro atoms. The number of nitrogens with zero attached hydrogens (tertiary/aromatic N) is 2. The van der Waals surface area contributed by atoms with Crippen LogP contribution in [0.4, 0.5) is 0 Å². The maximum atomic E-state index is 11.7. The quantitative estimate of drug-likeness (QED) is 0.563. The lowest BCUT2D eigenvalue weighted by Crippen LogP contribution is -2.65. The minimum absolute atomic E-state index is 0.165. The summed E-state index contributed by atoms with van der Waals surface area (Å²) in [7, 11) is 0. The van der Waals surface area contributed by atoms with E-state index in [-0.39, 0.29) is 11.9 Å². The Labute approximate surface area is 113 Å². The average Bonchev–Trinajstić information content (AvgIpc) is 2.44. The second kappa shape index (κ2) is 5.33. The van der Waals surface area contributed by atoms with E-state index >= 15 is 0 Å². The number of rotatable bonds is 2. The molecule has 0 bridgehead atoms. The molecular weight excluding hydrogens is 242 g/mol. The van der Waals surface area contributed by atoms with Crippen molar-refractivity contribution in [1.29, 1.82) is 0 Å². The molecule has 0 aromatic carbocycles. The molecule has 104 valence electrons. The first-order valence-corrected chi connectivity index (χ1v) is 7.20. The fourth-order valence-corrected chi connectivity index (χ4v) is 3.33. The van der Waals surface area contributed by atoms with E-state index in [4.69, 9.17) is 0 Å². The summed E-state index contributed by atoms with van der Waals surface area (Å²) in [5, 5.41) is 2.69. The molecule has 2 heterocycles. The van der Waals surface area contributed by atoms with Gasteiger partial charge in [-0.1, -0.05) is 12.2 Å². The van der Waals surface area contributed by atoms with Crippen LogP contribution in [0.25, 0.3) is 0 Å². The molecule has 3 rings (SSSR count). The molecule has 19 heavy (non-hydrogen) atoms. The van der Waals surface area contributed by atoms with Crippen LogP contribution in [0.15, 0.2) is 12.2 Å². The van der Waals surface area contributed by atoms with E-state index in [0.717, 1.165) is 25.6 Å². The summed E-state index contributed by atoms with van der Waals surface area (Å²) in [6.07, 6.45) is 8.21. The van der Waals surface area contributed by atoms with Crippen molar-refractivity contribution < 1.29 is 9.59 Å². The zero-order valence-corrected chi connectivity index (χ0v) is 11.2. The highest BCUT2D eigenvalue weighted by atomic mass is 16.2. The Bertz CT molecular complexity index is 407. The number of nitrogens with one attached hydrogen (secondary N) is 1. The van der Waals surface area contributed by atoms with Crippen molar-refractivity contribution in [2.45, 2.75) is 25.3 Å². The number of fused-ring (bicyclic) bond motifs is 1. The van der Waals surface area contributed by atoms with Crippen LogP contribution < -0.4 is 5.32 Å². The van der Waals surface area contributed by atoms with Crippen molar-refractivity contribution in [2.24, 2.45) is 5.92 Å². The summed E-state index contributed by atoms with van der Waals surface area (Å²) < 4.78 is 0. The van der Waals surface area contributed by atoms with Crippen LogP contribution >= 0.6 is 0 Å². The highest BCUT2D eigenvalue weighted by molar-refractivity contribution is 6.35. The molecule has 2 atom stereocenters. The van der Waals surface area contributed by atoms with Crippen LogP contribution in [0.5, 0.6) is 0 Å². The van der Waals surface area contributed by atoms with Gasteiger partial charge in [0, 0.05) is 32.7 Å². The minimum Gasteiger partial charge on any atom is -0.346 e. The Balaban J connectivity index is 1.56. The van der Waals surface area contributed by atoms with Crippen LogP contribution in [0.3, 0.4) is 0 Å². The molecule has 5 heteroatoms. The van der Waals surface area contributed by atoms with Crippen LogP contribution in [0.1, 0.15) is 19.3 Å². The summed E-state index contributed by atoms with van der Waals surface area (Å²) in [5.74, 6) is -0.0379. The van der Waals surface area contributed by atoms with Crippen LogP contribution in [0, 0.1) is 5.92 Å². The Kier molecular flexibility index (Phi) is 3.55. The molecule has 0 saturated carbocycles. The molecule has 2 fully saturated rings. The maximum Gasteiger partial charge on any atom is 0.312 e. The van der Waals surface area contributed by atoms with E-state index in [0.29, 0.717) is 13.1 Å². The summed E-state index contributed by atoms with van der Waals surface area (Å²) >= 11 is 0. The fourth-order valence-electron chi connectivity index (χ4n) is 3.33. The van der Waals surface area contributed by atoms with Gasteiger partial charge < -0.3 is 10.2 Å². The summed E-state index contributed by atoms with van der Waals surface area (Å²) in [4.78, 5) is 27.3. The van der Waals surface area contributed by atoms with E-state index in [2.05, 4.69) is 22.4 Å². The summed E-state index contributed by atoms with van der Waals surface area (Å²) in [6, 6.07) is 0.165. The normalized spacial score (nSPS) is 32.1. The first kappa shape index (κ1) is 12.7. The molecule has 0 unspecified atom stereocenters. The van der Waals surface area contributed by atoms with Crippen molar-refractivity contribution >= 4 is 11.8 Å². The van der Waals surface area contributed by atoms with Gasteiger partial charge in [0.05, 0.1) is 6.04 Å². The van der Waals surface area contributed by atoms with Gasteiger partial charge in [-0.3, -0.25) is 14.5 Å². The van der Waals surface area contributed by atoms with Gasteiger partial charge in [0.1, 0.15) is 0 Å². The zero-order chi connectivity index (χ0) is 13.2. The summed E-state index contributed by atoms with van der Waals surface area (Å²) in [6.45, 7) is 4.21. The van der Waals surface area contributed by atoms with Crippen molar-refractivity contribution in [1.82, 2.24) is 15.1 Å². The molecule has 5 nitrogen and oxygen atoms in total. The fraction of sp³-hybridized carbons (Fsp3) is 0.714. The predicted octanol–water partition coefficient (Wildman–Crippen LogP) is -0.0147. The number of carbonyl (C=O) groups is 2. The first-order chi connectivity index (χ1) is 9.24. The molecule has 3 aliphatic rings. The molecule has 0 aromatic rings. The van der Waals surface area contributed by atoms with Crippen LogP contribution in [-0.2, 0) is 9.59 Å². The second-order valence-corrected chi connectivity index (χ2v) is 5.77. The second-order valence-electron chi connectivity index (χ2n) is 5.77. The number of carbonyl (C=O) groups excluding carboxylic acids is 2. The van der Waals surface area contributed by atoms with Gasteiger partial charge in [-0.2, -0.15) is 0 Å². The molecule has 0 radical (unpaired) electrons. The molecule has 2 aliphatic heterocycles. The zero-order valence-electron chi connectivity index (χ0n) is 11.2. The van der Waals surface area contributed by atoms with Crippen LogP contribution in [0.2, 0.25) is 0 Å². The molecular formula is C14H21N3O2. The van der Waals surface area contributed by atoms with E-state index in [9.17, 15) is 9.59 Å². The van der Waals surface area contributed by atoms with Crippen molar-refractivity contribution in [2.75, 3.05) is 32.7 Å². The standard InChI is InChI=1S/C14H21N3O2/c18-13-14(19)17-7-6-16(10-12(17)8-15-13)9-11-4-2-1-3-5-11/h1-2,11-12H,3-10H2,(H,15,18)/t11-,12-/m0/s1. The third kappa shape index (κ3) is 2.66. The van der Waals surface area contributed by atoms with Gasteiger partial charge in [0.25, 0.3) is 0 Å². The summed E-state index contributed by atoms with van der Waals surface area (Å²) in [5.41, 5.74) is 0. The SMILES string of the molecule is O=C1NC[C@H]2CN(C[C@H]3CC=CCC3)CCN2C1=O. The third-order valence-electron chi connectivity index (χ3n) is 4.41. The van der Waals surface area contributed by atoms with Crippen molar-refractivity contribution in [3.8, 4) is 0 Å². The van der Waals surface area contributed by atoms with Gasteiger partial charge in [-0.05, 0) is 25.2 Å². The van der Waals surface area contributed by atoms with Crippen LogP contribution in [-0.4, -0.2) is 60.4 Å². The predicted molar refractivity (Wildman–Crippen MR) is 71.4 cm³/mol. The largest absolute Gasteiger partial charge is 0.346 e. The Morgan fingerprint density at radius 1 is 1.26 bits per heavy atom. The van der Waals surface area contributed by atoms with Gasteiger partial charge in [0.15, 0.2) is 0 Å². The minimum atomic E-state index is -0.442. The molecule has 1 aliphatic carbocycles. The number of hydrogen-bond acceptors (Lipinski definition) is 3. The monoisotopic (exact) mass is 263 g/mol. The lowest BCUT2D eigenvalue weighted by molar-refractivity contribution is -0.152.